The summed E-state index contributed by atoms with van der Waals surface area (Å²) in [4.78, 5) is 2.73. The molecule has 1 heterocycles. The predicted octanol–water partition coefficient (Wildman–Crippen LogP) is 3.23. The Morgan fingerprint density at radius 1 is 1.18 bits per heavy atom. The first kappa shape index (κ1) is 13.1. The third-order valence-electron chi connectivity index (χ3n) is 4.17. The number of hydrogen-bond acceptors (Lipinski definition) is 2. The third kappa shape index (κ3) is 3.82. The predicted molar refractivity (Wildman–Crippen MR) is 72.2 cm³/mol. The molecule has 2 nitrogen and oxygen atoms in total. The van der Waals surface area contributed by atoms with Crippen LogP contribution in [0, 0.1) is 5.92 Å². The number of nitrogens with zero attached hydrogens (tertiary/aromatic N) is 1. The van der Waals surface area contributed by atoms with Crippen LogP contribution in [0.25, 0.3) is 0 Å². The molecule has 1 atom stereocenters. The molecule has 0 spiro atoms. The van der Waals surface area contributed by atoms with E-state index < -0.39 is 0 Å². The zero-order chi connectivity index (χ0) is 12.1. The van der Waals surface area contributed by atoms with Crippen molar-refractivity contribution >= 4 is 0 Å². The largest absolute Gasteiger partial charge is 0.381 e. The van der Waals surface area contributed by atoms with Gasteiger partial charge in [0, 0.05) is 31.8 Å². The quantitative estimate of drug-likeness (QED) is 0.696. The molecule has 0 aromatic carbocycles. The minimum absolute atomic E-state index is 0.670. The third-order valence-corrected chi connectivity index (χ3v) is 4.17. The topological polar surface area (TPSA) is 12.5 Å². The molecule has 0 bridgehead atoms. The Morgan fingerprint density at radius 2 is 1.94 bits per heavy atom. The molecule has 0 aromatic rings. The first-order valence-electron chi connectivity index (χ1n) is 7.26. The van der Waals surface area contributed by atoms with E-state index in [1.807, 2.05) is 0 Å². The van der Waals surface area contributed by atoms with Gasteiger partial charge in [0.1, 0.15) is 0 Å². The summed E-state index contributed by atoms with van der Waals surface area (Å²) in [6.07, 6.45) is 11.1. The molecule has 98 valence electrons. The van der Waals surface area contributed by atoms with E-state index in [2.05, 4.69) is 30.9 Å². The average molecular weight is 237 g/mol. The van der Waals surface area contributed by atoms with E-state index in [4.69, 9.17) is 4.74 Å². The standard InChI is InChI=1S/C15H27NO/c1-13(2)16(15-8-10-17-11-9-15)12-14-6-4-3-5-7-14/h3-4,13-15H,5-12H2,1-2H3/t14-/m0/s1. The number of rotatable bonds is 4. The van der Waals surface area contributed by atoms with Gasteiger partial charge in [0.15, 0.2) is 0 Å². The number of allylic oxidation sites excluding steroid dienone is 2. The molecule has 2 rings (SSSR count). The van der Waals surface area contributed by atoms with E-state index in [9.17, 15) is 0 Å². The van der Waals surface area contributed by atoms with E-state index >= 15 is 0 Å². The van der Waals surface area contributed by atoms with E-state index in [1.165, 1.54) is 38.6 Å². The van der Waals surface area contributed by atoms with Gasteiger partial charge in [0.2, 0.25) is 0 Å². The van der Waals surface area contributed by atoms with Gasteiger partial charge in [0.05, 0.1) is 0 Å². The molecule has 0 radical (unpaired) electrons. The van der Waals surface area contributed by atoms with E-state index in [0.717, 1.165) is 25.2 Å². The highest BCUT2D eigenvalue weighted by Gasteiger charge is 2.26. The summed E-state index contributed by atoms with van der Waals surface area (Å²) >= 11 is 0. The van der Waals surface area contributed by atoms with Crippen LogP contribution in [0.1, 0.15) is 46.0 Å². The summed E-state index contributed by atoms with van der Waals surface area (Å²) in [6, 6.07) is 1.43. The zero-order valence-electron chi connectivity index (χ0n) is 11.4. The summed E-state index contributed by atoms with van der Waals surface area (Å²) in [7, 11) is 0. The molecule has 17 heavy (non-hydrogen) atoms. The average Bonchev–Trinajstić information content (AvgIpc) is 2.38. The second kappa shape index (κ2) is 6.55. The lowest BCUT2D eigenvalue weighted by Gasteiger charge is -2.39. The van der Waals surface area contributed by atoms with Gasteiger partial charge in [-0.25, -0.2) is 0 Å². The van der Waals surface area contributed by atoms with Crippen molar-refractivity contribution in [2.45, 2.75) is 58.0 Å². The molecular formula is C15H27NO. The van der Waals surface area contributed by atoms with Crippen LogP contribution in [0.5, 0.6) is 0 Å². The second-order valence-electron chi connectivity index (χ2n) is 5.78. The number of ether oxygens (including phenoxy) is 1. The van der Waals surface area contributed by atoms with Crippen molar-refractivity contribution in [3.05, 3.63) is 12.2 Å². The smallest absolute Gasteiger partial charge is 0.0480 e. The Kier molecular flexibility index (Phi) is 5.05. The highest BCUT2D eigenvalue weighted by molar-refractivity contribution is 4.92. The van der Waals surface area contributed by atoms with Gasteiger partial charge >= 0.3 is 0 Å². The first-order valence-corrected chi connectivity index (χ1v) is 7.26. The van der Waals surface area contributed by atoms with Gasteiger partial charge < -0.3 is 4.74 Å². The van der Waals surface area contributed by atoms with Crippen LogP contribution in [-0.2, 0) is 4.74 Å². The molecule has 0 saturated carbocycles. The van der Waals surface area contributed by atoms with Crippen LogP contribution in [0.3, 0.4) is 0 Å². The maximum atomic E-state index is 5.48. The normalized spacial score (nSPS) is 26.9. The molecule has 0 unspecified atom stereocenters. The summed E-state index contributed by atoms with van der Waals surface area (Å²) in [6.45, 7) is 7.88. The van der Waals surface area contributed by atoms with E-state index in [1.54, 1.807) is 0 Å². The lowest BCUT2D eigenvalue weighted by molar-refractivity contribution is 0.0151. The molecule has 2 heteroatoms. The van der Waals surface area contributed by atoms with E-state index in [-0.39, 0.29) is 0 Å². The van der Waals surface area contributed by atoms with Gasteiger partial charge in [-0.3, -0.25) is 4.90 Å². The molecule has 1 fully saturated rings. The molecule has 2 aliphatic rings. The van der Waals surface area contributed by atoms with Crippen LogP contribution < -0.4 is 0 Å². The minimum atomic E-state index is 0.670. The molecule has 1 aliphatic carbocycles. The summed E-state index contributed by atoms with van der Waals surface area (Å²) in [5.74, 6) is 0.880. The maximum Gasteiger partial charge on any atom is 0.0480 e. The fourth-order valence-corrected chi connectivity index (χ4v) is 3.12. The minimum Gasteiger partial charge on any atom is -0.381 e. The van der Waals surface area contributed by atoms with Gasteiger partial charge in [-0.1, -0.05) is 12.2 Å². The maximum absolute atomic E-state index is 5.48. The lowest BCUT2D eigenvalue weighted by atomic mass is 9.92. The molecule has 1 saturated heterocycles. The van der Waals surface area contributed by atoms with Crippen molar-refractivity contribution in [1.29, 1.82) is 0 Å². The van der Waals surface area contributed by atoms with Crippen LogP contribution in [0.2, 0.25) is 0 Å². The summed E-state index contributed by atoms with van der Waals surface area (Å²) < 4.78 is 5.48. The second-order valence-corrected chi connectivity index (χ2v) is 5.78. The van der Waals surface area contributed by atoms with Crippen LogP contribution in [0.4, 0.5) is 0 Å². The fourth-order valence-electron chi connectivity index (χ4n) is 3.12. The van der Waals surface area contributed by atoms with Crippen molar-refractivity contribution in [2.24, 2.45) is 5.92 Å². The Morgan fingerprint density at radius 3 is 2.53 bits per heavy atom. The molecule has 0 aromatic heterocycles. The van der Waals surface area contributed by atoms with Crippen LogP contribution in [-0.4, -0.2) is 36.7 Å². The molecular weight excluding hydrogens is 210 g/mol. The highest BCUT2D eigenvalue weighted by Crippen LogP contribution is 2.24. The molecule has 1 aliphatic heterocycles. The lowest BCUT2D eigenvalue weighted by Crippen LogP contribution is -2.46. The van der Waals surface area contributed by atoms with Crippen molar-refractivity contribution in [3.63, 3.8) is 0 Å². The van der Waals surface area contributed by atoms with E-state index in [0.29, 0.717) is 6.04 Å². The van der Waals surface area contributed by atoms with Gasteiger partial charge in [-0.2, -0.15) is 0 Å². The first-order chi connectivity index (χ1) is 8.27. The Bertz CT molecular complexity index is 243. The highest BCUT2D eigenvalue weighted by atomic mass is 16.5. The van der Waals surface area contributed by atoms with Gasteiger partial charge in [0.25, 0.3) is 0 Å². The molecule has 0 amide bonds. The van der Waals surface area contributed by atoms with Gasteiger partial charge in [-0.15, -0.1) is 0 Å². The van der Waals surface area contributed by atoms with Crippen LogP contribution in [0.15, 0.2) is 12.2 Å². The Hall–Kier alpha value is -0.340. The SMILES string of the molecule is CC(C)N(C[C@H]1CC=CCC1)C1CCOCC1. The number of hydrogen-bond donors (Lipinski definition) is 0. The monoisotopic (exact) mass is 237 g/mol. The summed E-state index contributed by atoms with van der Waals surface area (Å²) in [5, 5.41) is 0. The molecule has 0 N–H and O–H groups in total. The zero-order valence-corrected chi connectivity index (χ0v) is 11.4. The van der Waals surface area contributed by atoms with Gasteiger partial charge in [-0.05, 0) is 51.9 Å². The summed E-state index contributed by atoms with van der Waals surface area (Å²) in [5.41, 5.74) is 0. The van der Waals surface area contributed by atoms with Crippen molar-refractivity contribution in [2.75, 3.05) is 19.8 Å². The fraction of sp³-hybridized carbons (Fsp3) is 0.867. The van der Waals surface area contributed by atoms with Crippen molar-refractivity contribution < 1.29 is 4.74 Å². The van der Waals surface area contributed by atoms with Crippen molar-refractivity contribution in [1.82, 2.24) is 4.90 Å². The Balaban J connectivity index is 1.89. The Labute approximate surface area is 106 Å². The van der Waals surface area contributed by atoms with Crippen LogP contribution >= 0.6 is 0 Å². The van der Waals surface area contributed by atoms with Crippen molar-refractivity contribution in [3.8, 4) is 0 Å².